The molecule has 2 aromatic heterocycles. The van der Waals surface area contributed by atoms with Gasteiger partial charge in [0.1, 0.15) is 12.1 Å². The van der Waals surface area contributed by atoms with E-state index in [1.165, 1.54) is 6.33 Å². The highest BCUT2D eigenvalue weighted by molar-refractivity contribution is 5.95. The molecule has 2 heterocycles. The zero-order chi connectivity index (χ0) is 17.1. The smallest absolute Gasteiger partial charge is 0.228 e. The van der Waals surface area contributed by atoms with Crippen molar-refractivity contribution in [2.24, 2.45) is 5.92 Å². The van der Waals surface area contributed by atoms with E-state index in [1.54, 1.807) is 30.6 Å². The van der Waals surface area contributed by atoms with Crippen LogP contribution in [0.3, 0.4) is 0 Å². The van der Waals surface area contributed by atoms with Gasteiger partial charge in [0.05, 0.1) is 0 Å². The van der Waals surface area contributed by atoms with Crippen LogP contribution < -0.4 is 10.1 Å². The molecule has 2 atom stereocenters. The van der Waals surface area contributed by atoms with Crippen molar-refractivity contribution >= 4 is 11.6 Å². The van der Waals surface area contributed by atoms with Gasteiger partial charge < -0.3 is 10.1 Å². The summed E-state index contributed by atoms with van der Waals surface area (Å²) in [5.74, 6) is 1.45. The van der Waals surface area contributed by atoms with Crippen molar-refractivity contribution in [1.82, 2.24) is 15.0 Å². The number of rotatable bonds is 5. The second-order valence-electron chi connectivity index (χ2n) is 5.90. The minimum atomic E-state index is 0.0149. The third kappa shape index (κ3) is 3.63. The fraction of sp³-hybridized carbons (Fsp3) is 0.158. The number of carbonyl (C=O) groups excluding carboxylic acids is 1. The van der Waals surface area contributed by atoms with Gasteiger partial charge in [0.2, 0.25) is 11.8 Å². The van der Waals surface area contributed by atoms with E-state index in [-0.39, 0.29) is 17.7 Å². The van der Waals surface area contributed by atoms with Gasteiger partial charge in [-0.2, -0.15) is 0 Å². The number of hydrogen-bond donors (Lipinski definition) is 1. The second-order valence-corrected chi connectivity index (χ2v) is 5.90. The van der Waals surface area contributed by atoms with E-state index >= 15 is 0 Å². The van der Waals surface area contributed by atoms with Crippen molar-refractivity contribution in [2.75, 3.05) is 5.32 Å². The van der Waals surface area contributed by atoms with Crippen LogP contribution in [-0.4, -0.2) is 20.9 Å². The molecule has 1 aliphatic rings. The van der Waals surface area contributed by atoms with E-state index in [0.717, 1.165) is 17.7 Å². The molecule has 0 unspecified atom stereocenters. The van der Waals surface area contributed by atoms with Gasteiger partial charge in [-0.1, -0.05) is 6.07 Å². The number of carbonyl (C=O) groups is 1. The lowest BCUT2D eigenvalue weighted by Gasteiger charge is -2.07. The molecule has 0 aliphatic heterocycles. The molecular weight excluding hydrogens is 316 g/mol. The number of pyridine rings is 1. The lowest BCUT2D eigenvalue weighted by molar-refractivity contribution is -0.117. The summed E-state index contributed by atoms with van der Waals surface area (Å²) in [6.07, 6.45) is 7.49. The van der Waals surface area contributed by atoms with Crippen molar-refractivity contribution in [1.29, 1.82) is 0 Å². The van der Waals surface area contributed by atoms with Crippen molar-refractivity contribution in [3.63, 3.8) is 0 Å². The Kier molecular flexibility index (Phi) is 4.08. The second kappa shape index (κ2) is 6.68. The van der Waals surface area contributed by atoms with Crippen molar-refractivity contribution in [3.8, 4) is 11.6 Å². The largest absolute Gasteiger partial charge is 0.439 e. The number of aromatic nitrogens is 3. The van der Waals surface area contributed by atoms with Crippen molar-refractivity contribution in [2.45, 2.75) is 12.3 Å². The molecule has 0 spiro atoms. The van der Waals surface area contributed by atoms with Crippen molar-refractivity contribution in [3.05, 3.63) is 72.9 Å². The predicted octanol–water partition coefficient (Wildman–Crippen LogP) is 3.41. The van der Waals surface area contributed by atoms with E-state index in [2.05, 4.69) is 20.3 Å². The van der Waals surface area contributed by atoms with Crippen molar-refractivity contribution < 1.29 is 9.53 Å². The lowest BCUT2D eigenvalue weighted by Crippen LogP contribution is -2.14. The number of amides is 1. The maximum absolute atomic E-state index is 12.4. The summed E-state index contributed by atoms with van der Waals surface area (Å²) in [5.41, 5.74) is 1.87. The van der Waals surface area contributed by atoms with Crippen LogP contribution in [0.25, 0.3) is 0 Å². The number of hydrogen-bond acceptors (Lipinski definition) is 5. The van der Waals surface area contributed by atoms with Crippen LogP contribution in [0.1, 0.15) is 17.9 Å². The molecule has 6 heteroatoms. The van der Waals surface area contributed by atoms with Gasteiger partial charge in [0.25, 0.3) is 0 Å². The Balaban J connectivity index is 1.35. The molecule has 1 N–H and O–H groups in total. The van der Waals surface area contributed by atoms with Gasteiger partial charge in [-0.3, -0.25) is 9.78 Å². The van der Waals surface area contributed by atoms with Gasteiger partial charge >= 0.3 is 0 Å². The first-order valence-electron chi connectivity index (χ1n) is 8.04. The summed E-state index contributed by atoms with van der Waals surface area (Å²) >= 11 is 0. The van der Waals surface area contributed by atoms with E-state index < -0.39 is 0 Å². The first-order valence-corrected chi connectivity index (χ1v) is 8.04. The number of ether oxygens (including phenoxy) is 1. The van der Waals surface area contributed by atoms with E-state index in [0.29, 0.717) is 11.6 Å². The zero-order valence-corrected chi connectivity index (χ0v) is 13.4. The normalized spacial score (nSPS) is 18.4. The molecule has 1 fully saturated rings. The molecule has 1 aromatic carbocycles. The van der Waals surface area contributed by atoms with E-state index in [1.807, 2.05) is 30.5 Å². The Morgan fingerprint density at radius 3 is 2.68 bits per heavy atom. The monoisotopic (exact) mass is 332 g/mol. The van der Waals surface area contributed by atoms with Crippen LogP contribution in [0, 0.1) is 5.92 Å². The Morgan fingerprint density at radius 1 is 1.08 bits per heavy atom. The number of anilines is 1. The van der Waals surface area contributed by atoms with Gasteiger partial charge in [0.15, 0.2) is 0 Å². The number of nitrogens with one attached hydrogen (secondary N) is 1. The molecule has 124 valence electrons. The first kappa shape index (κ1) is 15.3. The molecule has 1 amide bonds. The Hall–Kier alpha value is -3.28. The van der Waals surface area contributed by atoms with Crippen LogP contribution in [-0.2, 0) is 4.79 Å². The fourth-order valence-corrected chi connectivity index (χ4v) is 2.75. The zero-order valence-electron chi connectivity index (χ0n) is 13.4. The average Bonchev–Trinajstić information content (AvgIpc) is 3.46. The first-order chi connectivity index (χ1) is 12.3. The predicted molar refractivity (Wildman–Crippen MR) is 92.3 cm³/mol. The van der Waals surface area contributed by atoms with Crippen LogP contribution in [0.2, 0.25) is 0 Å². The summed E-state index contributed by atoms with van der Waals surface area (Å²) in [6.45, 7) is 0. The molecule has 25 heavy (non-hydrogen) atoms. The SMILES string of the molecule is O=C(Nc1ccc(Oc2ccncn2)cc1)[C@@H]1C[C@H]1c1cccnc1. The van der Waals surface area contributed by atoms with Gasteiger partial charge in [-0.15, -0.1) is 0 Å². The summed E-state index contributed by atoms with van der Waals surface area (Å²) in [4.78, 5) is 24.3. The minimum Gasteiger partial charge on any atom is -0.439 e. The highest BCUT2D eigenvalue weighted by Gasteiger charge is 2.44. The Morgan fingerprint density at radius 2 is 1.96 bits per heavy atom. The number of nitrogens with zero attached hydrogens (tertiary/aromatic N) is 3. The average molecular weight is 332 g/mol. The maximum atomic E-state index is 12.4. The molecule has 4 rings (SSSR count). The fourth-order valence-electron chi connectivity index (χ4n) is 2.75. The third-order valence-electron chi connectivity index (χ3n) is 4.14. The standard InChI is InChI=1S/C19H16N4O2/c24-19(17-10-16(17)13-2-1-8-20-11-13)23-14-3-5-15(6-4-14)25-18-7-9-21-12-22-18/h1-9,11-12,16-17H,10H2,(H,23,24)/t16-,17+/m0/s1. The Bertz CT molecular complexity index is 854. The van der Waals surface area contributed by atoms with Crippen LogP contribution in [0.5, 0.6) is 11.6 Å². The lowest BCUT2D eigenvalue weighted by atomic mass is 10.1. The summed E-state index contributed by atoms with van der Waals surface area (Å²) in [6, 6.07) is 12.8. The topological polar surface area (TPSA) is 77.0 Å². The van der Waals surface area contributed by atoms with Gasteiger partial charge in [-0.25, -0.2) is 9.97 Å². The molecule has 0 radical (unpaired) electrons. The van der Waals surface area contributed by atoms with E-state index in [9.17, 15) is 4.79 Å². The Labute approximate surface area is 144 Å². The summed E-state index contributed by atoms with van der Waals surface area (Å²) in [7, 11) is 0. The highest BCUT2D eigenvalue weighted by atomic mass is 16.5. The summed E-state index contributed by atoms with van der Waals surface area (Å²) < 4.78 is 5.60. The maximum Gasteiger partial charge on any atom is 0.228 e. The summed E-state index contributed by atoms with van der Waals surface area (Å²) in [5, 5.41) is 2.95. The van der Waals surface area contributed by atoms with Gasteiger partial charge in [-0.05, 0) is 48.2 Å². The van der Waals surface area contributed by atoms with Crippen LogP contribution >= 0.6 is 0 Å². The van der Waals surface area contributed by atoms with Crippen LogP contribution in [0.4, 0.5) is 5.69 Å². The molecule has 6 nitrogen and oxygen atoms in total. The molecular formula is C19H16N4O2. The molecule has 0 saturated heterocycles. The molecule has 0 bridgehead atoms. The molecule has 1 saturated carbocycles. The van der Waals surface area contributed by atoms with E-state index in [4.69, 9.17) is 4.74 Å². The number of benzene rings is 1. The minimum absolute atomic E-state index is 0.0149. The molecule has 1 aliphatic carbocycles. The highest BCUT2D eigenvalue weighted by Crippen LogP contribution is 2.47. The molecule has 3 aromatic rings. The van der Waals surface area contributed by atoms with Crippen LogP contribution in [0.15, 0.2) is 67.4 Å². The third-order valence-corrected chi connectivity index (χ3v) is 4.14. The van der Waals surface area contributed by atoms with Gasteiger partial charge in [0, 0.05) is 36.3 Å². The quantitative estimate of drug-likeness (QED) is 0.775.